The van der Waals surface area contributed by atoms with Crippen LogP contribution in [0, 0.1) is 10.1 Å². The minimum atomic E-state index is -0.969. The molecule has 130 valence electrons. The van der Waals surface area contributed by atoms with Crippen LogP contribution in [0.5, 0.6) is 0 Å². The molecule has 0 bridgehead atoms. The SMILES string of the molecule is O=[N+]([O-])C(Sc1ccc(Cl)cc1)C1=NCCN1Cc1ccc(Cl)nc1. The van der Waals surface area contributed by atoms with Gasteiger partial charge in [-0.15, -0.1) is 0 Å². The molecule has 0 radical (unpaired) electrons. The maximum absolute atomic E-state index is 11.6. The van der Waals surface area contributed by atoms with Crippen molar-refractivity contribution >= 4 is 40.8 Å². The highest BCUT2D eigenvalue weighted by atomic mass is 35.5. The summed E-state index contributed by atoms with van der Waals surface area (Å²) in [5.74, 6) is 0.472. The Morgan fingerprint density at radius 3 is 2.64 bits per heavy atom. The van der Waals surface area contributed by atoms with Gasteiger partial charge >= 0.3 is 5.37 Å². The van der Waals surface area contributed by atoms with E-state index in [9.17, 15) is 10.1 Å². The normalized spacial score (nSPS) is 15.1. The minimum absolute atomic E-state index is 0.309. The number of rotatable bonds is 6. The molecule has 6 nitrogen and oxygen atoms in total. The first-order valence-electron chi connectivity index (χ1n) is 7.48. The lowest BCUT2D eigenvalue weighted by molar-refractivity contribution is -0.478. The number of hydrogen-bond acceptors (Lipinski definition) is 6. The molecule has 1 aromatic carbocycles. The van der Waals surface area contributed by atoms with Crippen LogP contribution in [0.3, 0.4) is 0 Å². The van der Waals surface area contributed by atoms with E-state index in [1.54, 1.807) is 36.5 Å². The number of aromatic nitrogens is 1. The molecular formula is C16H14Cl2N4O2S. The van der Waals surface area contributed by atoms with Gasteiger partial charge in [0.05, 0.1) is 6.54 Å². The van der Waals surface area contributed by atoms with E-state index < -0.39 is 5.37 Å². The topological polar surface area (TPSA) is 71.6 Å². The molecular weight excluding hydrogens is 383 g/mol. The molecule has 0 N–H and O–H groups in total. The quantitative estimate of drug-likeness (QED) is 0.242. The second-order valence-electron chi connectivity index (χ2n) is 5.36. The van der Waals surface area contributed by atoms with Crippen LogP contribution < -0.4 is 0 Å². The van der Waals surface area contributed by atoms with E-state index >= 15 is 0 Å². The van der Waals surface area contributed by atoms with Crippen LogP contribution in [-0.4, -0.2) is 39.1 Å². The number of amidine groups is 1. The van der Waals surface area contributed by atoms with Crippen molar-refractivity contribution in [3.05, 3.63) is 68.4 Å². The number of aliphatic imine (C=N–C) groups is 1. The average molecular weight is 397 g/mol. The van der Waals surface area contributed by atoms with E-state index in [-0.39, 0.29) is 4.92 Å². The lowest BCUT2D eigenvalue weighted by Crippen LogP contribution is -2.38. The van der Waals surface area contributed by atoms with Crippen molar-refractivity contribution in [3.63, 3.8) is 0 Å². The monoisotopic (exact) mass is 396 g/mol. The lowest BCUT2D eigenvalue weighted by atomic mass is 10.2. The molecule has 0 aliphatic carbocycles. The van der Waals surface area contributed by atoms with E-state index in [1.165, 1.54) is 0 Å². The lowest BCUT2D eigenvalue weighted by Gasteiger charge is -2.22. The predicted molar refractivity (Wildman–Crippen MR) is 100 cm³/mol. The van der Waals surface area contributed by atoms with Gasteiger partial charge in [0.25, 0.3) is 0 Å². The molecule has 1 aliphatic rings. The van der Waals surface area contributed by atoms with E-state index in [4.69, 9.17) is 23.2 Å². The molecule has 9 heteroatoms. The van der Waals surface area contributed by atoms with Crippen LogP contribution >= 0.6 is 35.0 Å². The van der Waals surface area contributed by atoms with E-state index in [2.05, 4.69) is 9.98 Å². The smallest absolute Gasteiger partial charge is 0.319 e. The van der Waals surface area contributed by atoms with Gasteiger partial charge in [-0.05, 0) is 47.7 Å². The number of benzene rings is 1. The zero-order valence-electron chi connectivity index (χ0n) is 13.0. The molecule has 1 atom stereocenters. The first-order valence-corrected chi connectivity index (χ1v) is 9.12. The van der Waals surface area contributed by atoms with Gasteiger partial charge in [0, 0.05) is 34.1 Å². The summed E-state index contributed by atoms with van der Waals surface area (Å²) in [6.45, 7) is 1.69. The Balaban J connectivity index is 1.76. The molecule has 1 aromatic heterocycles. The second-order valence-corrected chi connectivity index (χ2v) is 7.34. The van der Waals surface area contributed by atoms with Gasteiger partial charge in [0.1, 0.15) is 5.15 Å². The molecule has 3 rings (SSSR count). The second kappa shape index (κ2) is 8.03. The van der Waals surface area contributed by atoms with Crippen molar-refractivity contribution in [2.75, 3.05) is 13.1 Å². The van der Waals surface area contributed by atoms with Crippen molar-refractivity contribution < 1.29 is 4.92 Å². The van der Waals surface area contributed by atoms with Gasteiger partial charge in [-0.3, -0.25) is 15.1 Å². The summed E-state index contributed by atoms with van der Waals surface area (Å²) >= 11 is 12.8. The third-order valence-corrected chi connectivity index (χ3v) is 5.23. The van der Waals surface area contributed by atoms with E-state index in [0.29, 0.717) is 35.6 Å². The molecule has 1 aliphatic heterocycles. The number of hydrogen-bond donors (Lipinski definition) is 0. The van der Waals surface area contributed by atoms with Gasteiger partial charge in [-0.2, -0.15) is 0 Å². The highest BCUT2D eigenvalue weighted by Crippen LogP contribution is 2.28. The largest absolute Gasteiger partial charge is 0.348 e. The molecule has 0 fully saturated rings. The van der Waals surface area contributed by atoms with Crippen molar-refractivity contribution in [3.8, 4) is 0 Å². The Bertz CT molecular complexity index is 784. The molecule has 0 saturated heterocycles. The van der Waals surface area contributed by atoms with Crippen LogP contribution in [-0.2, 0) is 6.54 Å². The third-order valence-electron chi connectivity index (χ3n) is 3.60. The maximum atomic E-state index is 11.6. The van der Waals surface area contributed by atoms with Crippen molar-refractivity contribution in [2.45, 2.75) is 16.8 Å². The third kappa shape index (κ3) is 4.62. The molecule has 0 saturated carbocycles. The molecule has 1 unspecified atom stereocenters. The summed E-state index contributed by atoms with van der Waals surface area (Å²) in [6, 6.07) is 10.5. The summed E-state index contributed by atoms with van der Waals surface area (Å²) in [5.41, 5.74) is 0.928. The first kappa shape index (κ1) is 18.0. The molecule has 2 aromatic rings. The Labute approximate surface area is 159 Å². The summed E-state index contributed by atoms with van der Waals surface area (Å²) < 4.78 is 0. The summed E-state index contributed by atoms with van der Waals surface area (Å²) in [4.78, 5) is 22.4. The van der Waals surface area contributed by atoms with Crippen LogP contribution in [0.4, 0.5) is 0 Å². The number of nitrogens with zero attached hydrogens (tertiary/aromatic N) is 4. The Hall–Kier alpha value is -1.83. The molecule has 25 heavy (non-hydrogen) atoms. The van der Waals surface area contributed by atoms with Gasteiger partial charge < -0.3 is 4.90 Å². The zero-order valence-corrected chi connectivity index (χ0v) is 15.3. The Kier molecular flexibility index (Phi) is 5.78. The van der Waals surface area contributed by atoms with Crippen molar-refractivity contribution in [1.29, 1.82) is 0 Å². The number of nitro groups is 1. The van der Waals surface area contributed by atoms with E-state index in [1.807, 2.05) is 11.0 Å². The fourth-order valence-corrected chi connectivity index (χ4v) is 3.65. The van der Waals surface area contributed by atoms with E-state index in [0.717, 1.165) is 22.2 Å². The summed E-state index contributed by atoms with van der Waals surface area (Å²) in [7, 11) is 0. The predicted octanol–water partition coefficient (Wildman–Crippen LogP) is 4.00. The maximum Gasteiger partial charge on any atom is 0.319 e. The van der Waals surface area contributed by atoms with Crippen molar-refractivity contribution in [2.24, 2.45) is 4.99 Å². The van der Waals surface area contributed by atoms with Gasteiger partial charge in [0.15, 0.2) is 5.84 Å². The van der Waals surface area contributed by atoms with Crippen LogP contribution in [0.2, 0.25) is 10.2 Å². The standard InChI is InChI=1S/C16H14Cl2N4O2S/c17-12-2-4-13(5-3-12)25-16(22(23)24)15-19-7-8-21(15)10-11-1-6-14(18)20-9-11/h1-6,9,16H,7-8,10H2. The molecule has 0 spiro atoms. The summed E-state index contributed by atoms with van der Waals surface area (Å²) in [6.07, 6.45) is 1.67. The van der Waals surface area contributed by atoms with Crippen LogP contribution in [0.1, 0.15) is 5.56 Å². The zero-order chi connectivity index (χ0) is 17.8. The van der Waals surface area contributed by atoms with Gasteiger partial charge in [-0.25, -0.2) is 4.98 Å². The van der Waals surface area contributed by atoms with Crippen LogP contribution in [0.15, 0.2) is 52.5 Å². The number of halogens is 2. The molecule has 2 heterocycles. The average Bonchev–Trinajstić information content (AvgIpc) is 3.04. The number of thioether (sulfide) groups is 1. The molecule has 0 amide bonds. The minimum Gasteiger partial charge on any atom is -0.348 e. The summed E-state index contributed by atoms with van der Waals surface area (Å²) in [5, 5.41) is 11.7. The highest BCUT2D eigenvalue weighted by molar-refractivity contribution is 8.00. The Morgan fingerprint density at radius 1 is 1.24 bits per heavy atom. The first-order chi connectivity index (χ1) is 12.0. The van der Waals surface area contributed by atoms with Gasteiger partial charge in [0.2, 0.25) is 0 Å². The highest BCUT2D eigenvalue weighted by Gasteiger charge is 2.35. The number of pyridine rings is 1. The van der Waals surface area contributed by atoms with Crippen molar-refractivity contribution in [1.82, 2.24) is 9.88 Å². The van der Waals surface area contributed by atoms with Crippen LogP contribution in [0.25, 0.3) is 0 Å². The fourth-order valence-electron chi connectivity index (χ4n) is 2.45. The Morgan fingerprint density at radius 2 is 2.00 bits per heavy atom. The fraction of sp³-hybridized carbons (Fsp3) is 0.250. The van der Waals surface area contributed by atoms with Gasteiger partial charge in [-0.1, -0.05) is 29.3 Å².